The Morgan fingerprint density at radius 2 is 2.07 bits per heavy atom. The van der Waals surface area contributed by atoms with Crippen molar-refractivity contribution in [2.45, 2.75) is 6.54 Å². The number of aromatic nitrogens is 1. The summed E-state index contributed by atoms with van der Waals surface area (Å²) in [6, 6.07) is 4.00. The molecule has 5 heteroatoms. The van der Waals surface area contributed by atoms with Crippen molar-refractivity contribution in [3.8, 4) is 0 Å². The topological polar surface area (TPSA) is 49.0 Å². The lowest BCUT2D eigenvalue weighted by Gasteiger charge is -2.07. The summed E-state index contributed by atoms with van der Waals surface area (Å²) in [5.74, 6) is 0. The zero-order chi connectivity index (χ0) is 10.9. The molecule has 1 aromatic rings. The van der Waals surface area contributed by atoms with Crippen LogP contribution in [-0.2, 0) is 6.54 Å². The van der Waals surface area contributed by atoms with Crippen molar-refractivity contribution < 1.29 is 0 Å². The first kappa shape index (κ1) is 11.9. The molecule has 0 aliphatic heterocycles. The molecule has 15 heavy (non-hydrogen) atoms. The number of thiocarbonyl (C=S) groups is 1. The zero-order valence-corrected chi connectivity index (χ0v) is 9.60. The Kier molecular flexibility index (Phi) is 5.65. The fraction of sp³-hybridized carbons (Fsp3) is 0.400. The monoisotopic (exact) mass is 224 g/mol. The molecule has 0 spiro atoms. The number of pyridine rings is 1. The first-order valence-electron chi connectivity index (χ1n) is 4.88. The first-order chi connectivity index (χ1) is 7.33. The molecule has 0 aliphatic carbocycles. The fourth-order valence-corrected chi connectivity index (χ4v) is 1.19. The van der Waals surface area contributed by atoms with Gasteiger partial charge in [0.2, 0.25) is 0 Å². The Hall–Kier alpha value is -1.20. The number of nitrogens with zero attached hydrogens (tertiary/aromatic N) is 1. The van der Waals surface area contributed by atoms with Crippen LogP contribution in [0.2, 0.25) is 0 Å². The quantitative estimate of drug-likeness (QED) is 0.495. The average Bonchev–Trinajstić information content (AvgIpc) is 2.29. The van der Waals surface area contributed by atoms with Gasteiger partial charge >= 0.3 is 0 Å². The molecule has 0 unspecified atom stereocenters. The van der Waals surface area contributed by atoms with Crippen LogP contribution in [0.5, 0.6) is 0 Å². The van der Waals surface area contributed by atoms with Gasteiger partial charge in [0.25, 0.3) is 0 Å². The summed E-state index contributed by atoms with van der Waals surface area (Å²) in [4.78, 5) is 3.96. The van der Waals surface area contributed by atoms with Crippen molar-refractivity contribution in [3.05, 3.63) is 30.1 Å². The van der Waals surface area contributed by atoms with Crippen molar-refractivity contribution in [2.75, 3.05) is 20.1 Å². The molecule has 82 valence electrons. The third-order valence-electron chi connectivity index (χ3n) is 1.89. The van der Waals surface area contributed by atoms with E-state index in [0.29, 0.717) is 5.11 Å². The summed E-state index contributed by atoms with van der Waals surface area (Å²) in [5, 5.41) is 9.91. The Bertz CT molecular complexity index is 289. The number of hydrogen-bond donors (Lipinski definition) is 3. The van der Waals surface area contributed by atoms with Crippen LogP contribution in [0.1, 0.15) is 5.56 Å². The van der Waals surface area contributed by atoms with Crippen molar-refractivity contribution in [3.63, 3.8) is 0 Å². The van der Waals surface area contributed by atoms with Crippen LogP contribution < -0.4 is 16.0 Å². The Balaban J connectivity index is 2.05. The van der Waals surface area contributed by atoms with E-state index in [1.807, 2.05) is 12.1 Å². The molecule has 0 saturated carbocycles. The van der Waals surface area contributed by atoms with Gasteiger partial charge in [0.05, 0.1) is 0 Å². The van der Waals surface area contributed by atoms with Gasteiger partial charge < -0.3 is 16.0 Å². The summed E-state index contributed by atoms with van der Waals surface area (Å²) >= 11 is 4.94. The highest BCUT2D eigenvalue weighted by atomic mass is 32.1. The summed E-state index contributed by atoms with van der Waals surface area (Å²) in [6.07, 6.45) is 3.59. The second-order valence-corrected chi connectivity index (χ2v) is 3.45. The van der Waals surface area contributed by atoms with Crippen LogP contribution in [-0.4, -0.2) is 30.2 Å². The van der Waals surface area contributed by atoms with Crippen LogP contribution in [0.25, 0.3) is 0 Å². The standard InChI is InChI=1S/C10H16N4S/c1-11-10(15)14-7-6-13-8-9-2-4-12-5-3-9/h2-5,13H,6-8H2,1H3,(H2,11,14,15). The zero-order valence-electron chi connectivity index (χ0n) is 8.79. The van der Waals surface area contributed by atoms with Gasteiger partial charge in [0.15, 0.2) is 5.11 Å². The largest absolute Gasteiger partial charge is 0.366 e. The van der Waals surface area contributed by atoms with Gasteiger partial charge in [-0.1, -0.05) is 0 Å². The molecule has 1 heterocycles. The van der Waals surface area contributed by atoms with Gasteiger partial charge in [-0.25, -0.2) is 0 Å². The molecule has 1 aromatic heterocycles. The predicted octanol–water partition coefficient (Wildman–Crippen LogP) is 0.265. The Labute approximate surface area is 95.5 Å². The van der Waals surface area contributed by atoms with Crippen LogP contribution >= 0.6 is 12.2 Å². The molecule has 0 amide bonds. The van der Waals surface area contributed by atoms with E-state index in [1.165, 1.54) is 5.56 Å². The molecule has 0 atom stereocenters. The number of hydrogen-bond acceptors (Lipinski definition) is 3. The van der Waals surface area contributed by atoms with Crippen LogP contribution in [0.4, 0.5) is 0 Å². The molecule has 0 saturated heterocycles. The van der Waals surface area contributed by atoms with E-state index in [2.05, 4.69) is 20.9 Å². The third kappa shape index (κ3) is 5.29. The summed E-state index contributed by atoms with van der Waals surface area (Å²) in [5.41, 5.74) is 1.24. The summed E-state index contributed by atoms with van der Waals surface area (Å²) in [6.45, 7) is 2.56. The van der Waals surface area contributed by atoms with Gasteiger partial charge in [-0.3, -0.25) is 4.98 Å². The van der Waals surface area contributed by atoms with E-state index in [9.17, 15) is 0 Å². The van der Waals surface area contributed by atoms with E-state index in [4.69, 9.17) is 12.2 Å². The average molecular weight is 224 g/mol. The SMILES string of the molecule is CNC(=S)NCCNCc1ccncc1. The van der Waals surface area contributed by atoms with Crippen LogP contribution in [0.3, 0.4) is 0 Å². The van der Waals surface area contributed by atoms with Gasteiger partial charge in [-0.2, -0.15) is 0 Å². The Morgan fingerprint density at radius 1 is 1.33 bits per heavy atom. The number of nitrogens with one attached hydrogen (secondary N) is 3. The minimum atomic E-state index is 0.681. The summed E-state index contributed by atoms with van der Waals surface area (Å²) < 4.78 is 0. The van der Waals surface area contributed by atoms with E-state index >= 15 is 0 Å². The first-order valence-corrected chi connectivity index (χ1v) is 5.29. The van der Waals surface area contributed by atoms with E-state index in [0.717, 1.165) is 19.6 Å². The second kappa shape index (κ2) is 7.14. The maximum atomic E-state index is 4.94. The smallest absolute Gasteiger partial charge is 0.166 e. The molecule has 4 nitrogen and oxygen atoms in total. The minimum absolute atomic E-state index is 0.681. The lowest BCUT2D eigenvalue weighted by molar-refractivity contribution is 0.670. The van der Waals surface area contributed by atoms with Crippen LogP contribution in [0, 0.1) is 0 Å². The summed E-state index contributed by atoms with van der Waals surface area (Å²) in [7, 11) is 1.81. The van der Waals surface area contributed by atoms with Crippen molar-refractivity contribution in [2.24, 2.45) is 0 Å². The van der Waals surface area contributed by atoms with Gasteiger partial charge in [-0.05, 0) is 29.9 Å². The van der Waals surface area contributed by atoms with Crippen LogP contribution in [0.15, 0.2) is 24.5 Å². The van der Waals surface area contributed by atoms with E-state index in [1.54, 1.807) is 19.4 Å². The molecule has 0 bridgehead atoms. The Morgan fingerprint density at radius 3 is 2.73 bits per heavy atom. The van der Waals surface area contributed by atoms with Crippen molar-refractivity contribution >= 4 is 17.3 Å². The minimum Gasteiger partial charge on any atom is -0.366 e. The highest BCUT2D eigenvalue weighted by molar-refractivity contribution is 7.80. The lowest BCUT2D eigenvalue weighted by atomic mass is 10.3. The normalized spacial score (nSPS) is 9.67. The molecule has 1 rings (SSSR count). The molecule has 3 N–H and O–H groups in total. The highest BCUT2D eigenvalue weighted by Gasteiger charge is 1.92. The fourth-order valence-electron chi connectivity index (χ4n) is 1.09. The van der Waals surface area contributed by atoms with Gasteiger partial charge in [0, 0.05) is 39.1 Å². The third-order valence-corrected chi connectivity index (χ3v) is 2.24. The second-order valence-electron chi connectivity index (χ2n) is 3.04. The molecular weight excluding hydrogens is 208 g/mol. The maximum Gasteiger partial charge on any atom is 0.166 e. The molecule has 0 aromatic carbocycles. The van der Waals surface area contributed by atoms with Gasteiger partial charge in [-0.15, -0.1) is 0 Å². The van der Waals surface area contributed by atoms with E-state index in [-0.39, 0.29) is 0 Å². The molecule has 0 radical (unpaired) electrons. The maximum absolute atomic E-state index is 4.94. The molecule has 0 aliphatic rings. The van der Waals surface area contributed by atoms with Crippen molar-refractivity contribution in [1.82, 2.24) is 20.9 Å². The lowest BCUT2D eigenvalue weighted by Crippen LogP contribution is -2.36. The number of rotatable bonds is 5. The van der Waals surface area contributed by atoms with Gasteiger partial charge in [0.1, 0.15) is 0 Å². The van der Waals surface area contributed by atoms with E-state index < -0.39 is 0 Å². The molecule has 0 fully saturated rings. The highest BCUT2D eigenvalue weighted by Crippen LogP contribution is 1.93. The predicted molar refractivity (Wildman–Crippen MR) is 65.6 cm³/mol. The van der Waals surface area contributed by atoms with Crippen molar-refractivity contribution in [1.29, 1.82) is 0 Å². The molecular formula is C10H16N4S.